The van der Waals surface area contributed by atoms with Gasteiger partial charge in [0.25, 0.3) is 5.91 Å². The van der Waals surface area contributed by atoms with Gasteiger partial charge in [0.15, 0.2) is 5.17 Å². The SMILES string of the molecule is O=C(Nc1ccc2c(c1)N1CCN=C1S2)c1ccccc1Cl. The Morgan fingerprint density at radius 1 is 1.27 bits per heavy atom. The molecule has 0 fully saturated rings. The molecule has 1 amide bonds. The van der Waals surface area contributed by atoms with E-state index in [1.165, 1.54) is 4.90 Å². The number of halogens is 1. The third-order valence-corrected chi connectivity index (χ3v) is 5.06. The molecule has 0 saturated carbocycles. The van der Waals surface area contributed by atoms with Gasteiger partial charge in [0.1, 0.15) is 0 Å². The molecule has 4 nitrogen and oxygen atoms in total. The smallest absolute Gasteiger partial charge is 0.257 e. The predicted molar refractivity (Wildman–Crippen MR) is 91.4 cm³/mol. The van der Waals surface area contributed by atoms with Crippen molar-refractivity contribution in [2.45, 2.75) is 4.90 Å². The van der Waals surface area contributed by atoms with Crippen LogP contribution in [-0.4, -0.2) is 24.2 Å². The highest BCUT2D eigenvalue weighted by atomic mass is 35.5. The summed E-state index contributed by atoms with van der Waals surface area (Å²) in [6.07, 6.45) is 0. The lowest BCUT2D eigenvalue weighted by Gasteiger charge is -2.14. The zero-order valence-corrected chi connectivity index (χ0v) is 13.1. The minimum Gasteiger partial charge on any atom is -0.322 e. The zero-order chi connectivity index (χ0) is 15.1. The second kappa shape index (κ2) is 5.34. The first kappa shape index (κ1) is 13.7. The van der Waals surface area contributed by atoms with Crippen molar-refractivity contribution in [1.29, 1.82) is 0 Å². The lowest BCUT2D eigenvalue weighted by molar-refractivity contribution is 0.102. The van der Waals surface area contributed by atoms with Gasteiger partial charge in [0.05, 0.1) is 22.8 Å². The summed E-state index contributed by atoms with van der Waals surface area (Å²) in [5.74, 6) is -0.202. The number of thioether (sulfide) groups is 1. The largest absolute Gasteiger partial charge is 0.322 e. The van der Waals surface area contributed by atoms with Crippen molar-refractivity contribution in [2.75, 3.05) is 23.3 Å². The molecule has 0 radical (unpaired) electrons. The van der Waals surface area contributed by atoms with Crippen LogP contribution >= 0.6 is 23.4 Å². The number of carbonyl (C=O) groups is 1. The summed E-state index contributed by atoms with van der Waals surface area (Å²) in [6.45, 7) is 1.73. The number of aliphatic imine (C=N–C) groups is 1. The fourth-order valence-electron chi connectivity index (χ4n) is 2.57. The highest BCUT2D eigenvalue weighted by Gasteiger charge is 2.29. The molecule has 2 heterocycles. The molecular weight excluding hydrogens is 318 g/mol. The number of benzene rings is 2. The first-order valence-corrected chi connectivity index (χ1v) is 8.11. The van der Waals surface area contributed by atoms with Crippen molar-refractivity contribution < 1.29 is 4.79 Å². The molecule has 6 heteroatoms. The minimum absolute atomic E-state index is 0.202. The molecule has 0 saturated heterocycles. The van der Waals surface area contributed by atoms with Crippen LogP contribution in [0.1, 0.15) is 10.4 Å². The number of hydrogen-bond acceptors (Lipinski definition) is 4. The number of nitrogens with one attached hydrogen (secondary N) is 1. The minimum atomic E-state index is -0.202. The summed E-state index contributed by atoms with van der Waals surface area (Å²) in [5, 5.41) is 4.41. The van der Waals surface area contributed by atoms with E-state index in [0.29, 0.717) is 10.6 Å². The van der Waals surface area contributed by atoms with E-state index in [0.717, 1.165) is 29.6 Å². The van der Waals surface area contributed by atoms with Gasteiger partial charge < -0.3 is 10.2 Å². The predicted octanol–water partition coefficient (Wildman–Crippen LogP) is 3.87. The van der Waals surface area contributed by atoms with Crippen LogP contribution < -0.4 is 10.2 Å². The van der Waals surface area contributed by atoms with Crippen LogP contribution in [0.4, 0.5) is 11.4 Å². The second-order valence-electron chi connectivity index (χ2n) is 5.03. The zero-order valence-electron chi connectivity index (χ0n) is 11.5. The Hall–Kier alpha value is -1.98. The Kier molecular flexibility index (Phi) is 3.32. The summed E-state index contributed by atoms with van der Waals surface area (Å²) in [5.41, 5.74) is 2.35. The molecule has 0 spiro atoms. The van der Waals surface area contributed by atoms with Crippen molar-refractivity contribution in [3.8, 4) is 0 Å². The lowest BCUT2D eigenvalue weighted by Crippen LogP contribution is -2.21. The van der Waals surface area contributed by atoms with E-state index in [9.17, 15) is 4.79 Å². The highest BCUT2D eigenvalue weighted by molar-refractivity contribution is 8.14. The normalized spacial score (nSPS) is 15.3. The Labute approximate surface area is 137 Å². The van der Waals surface area contributed by atoms with Crippen LogP contribution in [0.15, 0.2) is 52.4 Å². The average molecular weight is 330 g/mol. The molecule has 2 aliphatic heterocycles. The van der Waals surface area contributed by atoms with Crippen LogP contribution in [0.2, 0.25) is 5.02 Å². The number of carbonyl (C=O) groups excluding carboxylic acids is 1. The quantitative estimate of drug-likeness (QED) is 0.909. The van der Waals surface area contributed by atoms with Crippen molar-refractivity contribution in [1.82, 2.24) is 0 Å². The van der Waals surface area contributed by atoms with Gasteiger partial charge in [0.2, 0.25) is 0 Å². The van der Waals surface area contributed by atoms with E-state index in [1.807, 2.05) is 18.2 Å². The summed E-state index contributed by atoms with van der Waals surface area (Å²) < 4.78 is 0. The molecule has 0 aliphatic carbocycles. The van der Waals surface area contributed by atoms with E-state index in [1.54, 1.807) is 36.0 Å². The fraction of sp³-hybridized carbons (Fsp3) is 0.125. The molecule has 0 bridgehead atoms. The molecular formula is C16H12ClN3OS. The number of amides is 1. The van der Waals surface area contributed by atoms with Crippen molar-refractivity contribution in [2.24, 2.45) is 4.99 Å². The average Bonchev–Trinajstić information content (AvgIpc) is 3.08. The van der Waals surface area contributed by atoms with Gasteiger partial charge in [0, 0.05) is 17.1 Å². The van der Waals surface area contributed by atoms with E-state index in [2.05, 4.69) is 15.2 Å². The van der Waals surface area contributed by atoms with Crippen LogP contribution in [0.3, 0.4) is 0 Å². The van der Waals surface area contributed by atoms with E-state index < -0.39 is 0 Å². The summed E-state index contributed by atoms with van der Waals surface area (Å²) >= 11 is 7.74. The maximum atomic E-state index is 12.3. The van der Waals surface area contributed by atoms with E-state index in [4.69, 9.17) is 11.6 Å². The van der Waals surface area contributed by atoms with Gasteiger partial charge in [-0.1, -0.05) is 23.7 Å². The number of nitrogens with zero attached hydrogens (tertiary/aromatic N) is 2. The van der Waals surface area contributed by atoms with Crippen LogP contribution in [0, 0.1) is 0 Å². The van der Waals surface area contributed by atoms with Gasteiger partial charge in [-0.15, -0.1) is 0 Å². The number of hydrogen-bond donors (Lipinski definition) is 1. The van der Waals surface area contributed by atoms with Gasteiger partial charge >= 0.3 is 0 Å². The summed E-state index contributed by atoms with van der Waals surface area (Å²) in [7, 11) is 0. The van der Waals surface area contributed by atoms with Gasteiger partial charge in [-0.25, -0.2) is 0 Å². The van der Waals surface area contributed by atoms with Gasteiger partial charge in [-0.3, -0.25) is 9.79 Å². The van der Waals surface area contributed by atoms with Crippen molar-refractivity contribution in [3.05, 3.63) is 53.1 Å². The molecule has 2 aromatic rings. The monoisotopic (exact) mass is 329 g/mol. The second-order valence-corrected chi connectivity index (χ2v) is 6.45. The molecule has 2 aromatic carbocycles. The first-order valence-electron chi connectivity index (χ1n) is 6.92. The molecule has 22 heavy (non-hydrogen) atoms. The van der Waals surface area contributed by atoms with Gasteiger partial charge in [-0.2, -0.15) is 0 Å². The maximum Gasteiger partial charge on any atom is 0.257 e. The lowest BCUT2D eigenvalue weighted by atomic mass is 10.2. The standard InChI is InChI=1S/C16H12ClN3OS/c17-12-4-2-1-3-11(12)15(21)19-10-5-6-14-13(9-10)20-8-7-18-16(20)22-14/h1-6,9H,7-8H2,(H,19,21). The molecule has 0 aromatic heterocycles. The fourth-order valence-corrected chi connectivity index (χ4v) is 3.86. The third kappa shape index (κ3) is 2.26. The molecule has 2 aliphatic rings. The Morgan fingerprint density at radius 3 is 3.00 bits per heavy atom. The van der Waals surface area contributed by atoms with Crippen LogP contribution in [0.25, 0.3) is 0 Å². The number of rotatable bonds is 2. The Morgan fingerprint density at radius 2 is 2.14 bits per heavy atom. The van der Waals surface area contributed by atoms with E-state index in [-0.39, 0.29) is 5.91 Å². The van der Waals surface area contributed by atoms with E-state index >= 15 is 0 Å². The van der Waals surface area contributed by atoms with Gasteiger partial charge in [-0.05, 0) is 42.1 Å². The third-order valence-electron chi connectivity index (χ3n) is 3.63. The maximum absolute atomic E-state index is 12.3. The molecule has 110 valence electrons. The Bertz CT molecular complexity index is 806. The van der Waals surface area contributed by atoms with Crippen molar-refractivity contribution in [3.63, 3.8) is 0 Å². The highest BCUT2D eigenvalue weighted by Crippen LogP contribution is 2.43. The molecule has 4 rings (SSSR count). The van der Waals surface area contributed by atoms with Crippen LogP contribution in [0.5, 0.6) is 0 Å². The number of anilines is 2. The molecule has 0 atom stereocenters. The molecule has 1 N–H and O–H groups in total. The number of amidine groups is 1. The van der Waals surface area contributed by atoms with Crippen LogP contribution in [-0.2, 0) is 0 Å². The van der Waals surface area contributed by atoms with Crippen molar-refractivity contribution >= 4 is 45.8 Å². The summed E-state index contributed by atoms with van der Waals surface area (Å²) in [4.78, 5) is 20.1. The summed E-state index contributed by atoms with van der Waals surface area (Å²) in [6, 6.07) is 12.9. The Balaban J connectivity index is 1.60. The topological polar surface area (TPSA) is 44.7 Å². The molecule has 0 unspecified atom stereocenters. The number of fused-ring (bicyclic) bond motifs is 3. The first-order chi connectivity index (χ1) is 10.7.